The maximum atomic E-state index is 11.6. The van der Waals surface area contributed by atoms with Crippen molar-refractivity contribution in [3.05, 3.63) is 24.4 Å². The Bertz CT molecular complexity index is 475. The third-order valence-electron chi connectivity index (χ3n) is 2.23. The molecule has 0 aliphatic rings. The van der Waals surface area contributed by atoms with Crippen molar-refractivity contribution >= 4 is 11.7 Å². The minimum absolute atomic E-state index is 0.108. The van der Waals surface area contributed by atoms with E-state index in [0.717, 1.165) is 13.0 Å². The van der Waals surface area contributed by atoms with E-state index in [2.05, 4.69) is 25.7 Å². The molecule has 0 saturated carbocycles. The van der Waals surface area contributed by atoms with Crippen molar-refractivity contribution in [3.63, 3.8) is 0 Å². The summed E-state index contributed by atoms with van der Waals surface area (Å²) in [5.41, 5.74) is 5.58. The Morgan fingerprint density at radius 1 is 1.53 bits per heavy atom. The number of hydrogen-bond acceptors (Lipinski definition) is 5. The zero-order valence-electron chi connectivity index (χ0n) is 9.13. The van der Waals surface area contributed by atoms with Crippen molar-refractivity contribution in [1.29, 1.82) is 0 Å². The molecule has 2 heterocycles. The van der Waals surface area contributed by atoms with Crippen LogP contribution < -0.4 is 11.1 Å². The van der Waals surface area contributed by atoms with Crippen molar-refractivity contribution in [2.75, 3.05) is 12.3 Å². The second kappa shape index (κ2) is 5.10. The highest BCUT2D eigenvalue weighted by Gasteiger charge is 2.12. The zero-order chi connectivity index (χ0) is 12.1. The summed E-state index contributed by atoms with van der Waals surface area (Å²) >= 11 is 0. The third-order valence-corrected chi connectivity index (χ3v) is 2.23. The first-order valence-electron chi connectivity index (χ1n) is 5.17. The summed E-state index contributed by atoms with van der Waals surface area (Å²) < 4.78 is 1.94. The zero-order valence-corrected chi connectivity index (χ0v) is 9.13. The summed E-state index contributed by atoms with van der Waals surface area (Å²) in [5.74, 6) is -0.209. The average Bonchev–Trinajstić information content (AvgIpc) is 2.95. The molecule has 0 unspecified atom stereocenters. The molecule has 0 aromatic carbocycles. The summed E-state index contributed by atoms with van der Waals surface area (Å²) in [6, 6.07) is 0. The number of imidazole rings is 1. The van der Waals surface area contributed by atoms with Gasteiger partial charge in [-0.3, -0.25) is 4.79 Å². The molecular weight excluding hydrogens is 222 g/mol. The lowest BCUT2D eigenvalue weighted by Gasteiger charge is -2.03. The number of hydrogen-bond donors (Lipinski definition) is 3. The van der Waals surface area contributed by atoms with Crippen LogP contribution in [0.4, 0.5) is 5.82 Å². The van der Waals surface area contributed by atoms with Gasteiger partial charge in [0.2, 0.25) is 0 Å². The van der Waals surface area contributed by atoms with Crippen LogP contribution in [-0.2, 0) is 6.54 Å². The number of carbonyl (C=O) groups is 1. The fourth-order valence-corrected chi connectivity index (χ4v) is 1.37. The molecule has 0 saturated heterocycles. The third kappa shape index (κ3) is 2.80. The number of amides is 1. The van der Waals surface area contributed by atoms with Gasteiger partial charge in [0.25, 0.3) is 5.91 Å². The van der Waals surface area contributed by atoms with E-state index in [9.17, 15) is 4.79 Å². The topological polar surface area (TPSA) is 115 Å². The van der Waals surface area contributed by atoms with Crippen molar-refractivity contribution in [2.24, 2.45) is 0 Å². The molecular formula is C9H13N7O. The highest BCUT2D eigenvalue weighted by molar-refractivity contribution is 5.96. The van der Waals surface area contributed by atoms with E-state index in [4.69, 9.17) is 5.73 Å². The van der Waals surface area contributed by atoms with E-state index in [0.29, 0.717) is 6.54 Å². The lowest BCUT2D eigenvalue weighted by atomic mass is 10.3. The molecule has 90 valence electrons. The smallest absolute Gasteiger partial charge is 0.275 e. The monoisotopic (exact) mass is 235 g/mol. The minimum Gasteiger partial charge on any atom is -0.380 e. The van der Waals surface area contributed by atoms with Gasteiger partial charge in [-0.1, -0.05) is 0 Å². The van der Waals surface area contributed by atoms with Gasteiger partial charge < -0.3 is 15.6 Å². The van der Waals surface area contributed by atoms with Gasteiger partial charge in [-0.05, 0) is 6.42 Å². The van der Waals surface area contributed by atoms with Gasteiger partial charge in [0, 0.05) is 25.5 Å². The molecule has 0 spiro atoms. The standard InChI is InChI=1S/C9H13N7O/c10-8-7(13-15-14-8)9(17)12-2-1-4-16-5-3-11-6-16/h3,5-6H,1-2,4H2,(H,12,17)(H3,10,13,14,15). The number of carbonyl (C=O) groups excluding carboxylic acids is 1. The molecule has 8 heteroatoms. The minimum atomic E-state index is -0.318. The normalized spacial score (nSPS) is 10.4. The van der Waals surface area contributed by atoms with Gasteiger partial charge in [0.05, 0.1) is 6.33 Å². The number of nitrogens with zero attached hydrogens (tertiary/aromatic N) is 4. The van der Waals surface area contributed by atoms with Gasteiger partial charge in [0.1, 0.15) is 0 Å². The number of aromatic amines is 1. The van der Waals surface area contributed by atoms with E-state index >= 15 is 0 Å². The molecule has 2 aromatic heterocycles. The fraction of sp³-hybridized carbons (Fsp3) is 0.333. The van der Waals surface area contributed by atoms with Gasteiger partial charge in [0.15, 0.2) is 11.5 Å². The Hall–Kier alpha value is -2.38. The molecule has 2 rings (SSSR count). The summed E-state index contributed by atoms with van der Waals surface area (Å²) in [5, 5.41) is 12.2. The van der Waals surface area contributed by atoms with E-state index in [-0.39, 0.29) is 17.4 Å². The molecule has 0 aliphatic heterocycles. The number of nitrogens with two attached hydrogens (primary N) is 1. The van der Waals surface area contributed by atoms with Gasteiger partial charge >= 0.3 is 0 Å². The van der Waals surface area contributed by atoms with Crippen molar-refractivity contribution in [1.82, 2.24) is 30.3 Å². The molecule has 17 heavy (non-hydrogen) atoms. The second-order valence-electron chi connectivity index (χ2n) is 3.47. The average molecular weight is 235 g/mol. The van der Waals surface area contributed by atoms with E-state index in [1.807, 2.05) is 10.8 Å². The summed E-state index contributed by atoms with van der Waals surface area (Å²) in [6.07, 6.45) is 6.13. The van der Waals surface area contributed by atoms with Crippen LogP contribution in [0.3, 0.4) is 0 Å². The number of rotatable bonds is 5. The molecule has 0 bridgehead atoms. The molecule has 8 nitrogen and oxygen atoms in total. The van der Waals surface area contributed by atoms with E-state index in [1.165, 1.54) is 0 Å². The largest absolute Gasteiger partial charge is 0.380 e. The van der Waals surface area contributed by atoms with Crippen molar-refractivity contribution in [3.8, 4) is 0 Å². The number of anilines is 1. The Kier molecular flexibility index (Phi) is 3.34. The second-order valence-corrected chi connectivity index (χ2v) is 3.47. The van der Waals surface area contributed by atoms with Crippen LogP contribution >= 0.6 is 0 Å². The van der Waals surface area contributed by atoms with Gasteiger partial charge in [-0.15, -0.1) is 10.2 Å². The molecule has 2 aromatic rings. The van der Waals surface area contributed by atoms with Crippen molar-refractivity contribution < 1.29 is 4.79 Å². The van der Waals surface area contributed by atoms with Crippen LogP contribution in [0.2, 0.25) is 0 Å². The van der Waals surface area contributed by atoms with Crippen LogP contribution in [0.1, 0.15) is 16.9 Å². The number of aromatic nitrogens is 5. The van der Waals surface area contributed by atoms with Crippen LogP contribution in [0.25, 0.3) is 0 Å². The molecule has 0 fully saturated rings. The Morgan fingerprint density at radius 3 is 3.06 bits per heavy atom. The predicted molar refractivity (Wildman–Crippen MR) is 60.0 cm³/mol. The number of aryl methyl sites for hydroxylation is 1. The number of H-pyrrole nitrogens is 1. The Balaban J connectivity index is 1.72. The summed E-state index contributed by atoms with van der Waals surface area (Å²) in [6.45, 7) is 1.35. The fourth-order valence-electron chi connectivity index (χ4n) is 1.37. The first kappa shape index (κ1) is 11.1. The lowest BCUT2D eigenvalue weighted by Crippen LogP contribution is -2.26. The molecule has 0 radical (unpaired) electrons. The summed E-state index contributed by atoms with van der Waals surface area (Å²) in [7, 11) is 0. The lowest BCUT2D eigenvalue weighted by molar-refractivity contribution is 0.0948. The first-order chi connectivity index (χ1) is 8.27. The number of nitrogen functional groups attached to an aromatic ring is 1. The maximum Gasteiger partial charge on any atom is 0.275 e. The molecule has 4 N–H and O–H groups in total. The quantitative estimate of drug-likeness (QED) is 0.599. The highest BCUT2D eigenvalue weighted by atomic mass is 16.2. The molecule has 0 atom stereocenters. The van der Waals surface area contributed by atoms with Crippen LogP contribution in [0, 0.1) is 0 Å². The van der Waals surface area contributed by atoms with E-state index < -0.39 is 0 Å². The van der Waals surface area contributed by atoms with Gasteiger partial charge in [-0.25, -0.2) is 4.98 Å². The predicted octanol–water partition coefficient (Wildman–Crippen LogP) is -0.597. The SMILES string of the molecule is Nc1n[nH]nc1C(=O)NCCCn1ccnc1. The summed E-state index contributed by atoms with van der Waals surface area (Å²) in [4.78, 5) is 15.5. The van der Waals surface area contributed by atoms with Crippen molar-refractivity contribution in [2.45, 2.75) is 13.0 Å². The highest BCUT2D eigenvalue weighted by Crippen LogP contribution is 2.01. The van der Waals surface area contributed by atoms with Crippen LogP contribution in [0.5, 0.6) is 0 Å². The molecule has 0 aliphatic carbocycles. The molecule has 1 amide bonds. The first-order valence-corrected chi connectivity index (χ1v) is 5.17. The Labute approximate surface area is 97.2 Å². The van der Waals surface area contributed by atoms with E-state index in [1.54, 1.807) is 12.5 Å². The van der Waals surface area contributed by atoms with Crippen LogP contribution in [-0.4, -0.2) is 37.4 Å². The number of nitrogens with one attached hydrogen (secondary N) is 2. The van der Waals surface area contributed by atoms with Crippen LogP contribution in [0.15, 0.2) is 18.7 Å². The van der Waals surface area contributed by atoms with Gasteiger partial charge in [-0.2, -0.15) is 5.21 Å². The Morgan fingerprint density at radius 2 is 2.41 bits per heavy atom. The maximum absolute atomic E-state index is 11.6.